The minimum absolute atomic E-state index is 0.109. The Labute approximate surface area is 60.0 Å². The van der Waals surface area contributed by atoms with Crippen molar-refractivity contribution in [3.8, 4) is 0 Å². The summed E-state index contributed by atoms with van der Waals surface area (Å²) >= 11 is 0. The lowest BCUT2D eigenvalue weighted by Gasteiger charge is -2.44. The van der Waals surface area contributed by atoms with Gasteiger partial charge in [-0.3, -0.25) is 0 Å². The van der Waals surface area contributed by atoms with E-state index in [0.29, 0.717) is 6.61 Å². The molecule has 1 saturated heterocycles. The summed E-state index contributed by atoms with van der Waals surface area (Å²) in [4.78, 5) is 0. The van der Waals surface area contributed by atoms with Gasteiger partial charge in [-0.25, -0.2) is 0 Å². The molecule has 1 fully saturated rings. The molecular weight excluding hydrogens is 136 g/mol. The van der Waals surface area contributed by atoms with E-state index in [0.717, 1.165) is 0 Å². The molecule has 4 heteroatoms. The molecule has 0 amide bonds. The second kappa shape index (κ2) is 2.84. The Hall–Kier alpha value is -0.160. The first-order chi connectivity index (χ1) is 4.79. The van der Waals surface area contributed by atoms with E-state index in [9.17, 15) is 0 Å². The van der Waals surface area contributed by atoms with Crippen molar-refractivity contribution in [2.75, 3.05) is 27.9 Å². The molecule has 1 atom stereocenters. The second-order valence-electron chi connectivity index (χ2n) is 2.05. The molecule has 1 rings (SSSR count). The van der Waals surface area contributed by atoms with Gasteiger partial charge in [-0.2, -0.15) is 0 Å². The van der Waals surface area contributed by atoms with Crippen LogP contribution in [0, 0.1) is 0 Å². The summed E-state index contributed by atoms with van der Waals surface area (Å²) in [5.41, 5.74) is 0. The summed E-state index contributed by atoms with van der Waals surface area (Å²) in [5.74, 6) is -0.950. The van der Waals surface area contributed by atoms with Crippen molar-refractivity contribution >= 4 is 0 Å². The minimum Gasteiger partial charge on any atom is -0.371 e. The summed E-state index contributed by atoms with van der Waals surface area (Å²) in [6, 6.07) is 0. The van der Waals surface area contributed by atoms with Crippen LogP contribution in [0.5, 0.6) is 0 Å². The highest BCUT2D eigenvalue weighted by molar-refractivity contribution is 4.79. The van der Waals surface area contributed by atoms with Crippen molar-refractivity contribution in [3.63, 3.8) is 0 Å². The molecule has 1 unspecified atom stereocenters. The van der Waals surface area contributed by atoms with E-state index in [-0.39, 0.29) is 6.10 Å². The van der Waals surface area contributed by atoms with Gasteiger partial charge in [0.2, 0.25) is 0 Å². The summed E-state index contributed by atoms with van der Waals surface area (Å²) in [6.07, 6.45) is -0.109. The zero-order valence-corrected chi connectivity index (χ0v) is 6.42. The number of methoxy groups -OCH3 is 3. The van der Waals surface area contributed by atoms with Gasteiger partial charge in [-0.15, -0.1) is 0 Å². The summed E-state index contributed by atoms with van der Waals surface area (Å²) in [6.45, 7) is 0.526. The van der Waals surface area contributed by atoms with Crippen LogP contribution in [0.2, 0.25) is 0 Å². The molecule has 0 aromatic carbocycles. The quantitative estimate of drug-likeness (QED) is 0.527. The van der Waals surface area contributed by atoms with Gasteiger partial charge >= 0.3 is 5.97 Å². The van der Waals surface area contributed by atoms with Gasteiger partial charge in [0, 0.05) is 21.3 Å². The van der Waals surface area contributed by atoms with Crippen LogP contribution in [0.3, 0.4) is 0 Å². The maximum atomic E-state index is 5.05. The fourth-order valence-electron chi connectivity index (χ4n) is 0.964. The van der Waals surface area contributed by atoms with Crippen molar-refractivity contribution in [1.29, 1.82) is 0 Å². The predicted octanol–water partition coefficient (Wildman–Crippen LogP) is -0.0218. The van der Waals surface area contributed by atoms with Gasteiger partial charge in [-0.1, -0.05) is 0 Å². The fourth-order valence-corrected chi connectivity index (χ4v) is 0.964. The first-order valence-corrected chi connectivity index (χ1v) is 3.06. The maximum absolute atomic E-state index is 5.05. The fraction of sp³-hybridized carbons (Fsp3) is 1.00. The molecule has 4 nitrogen and oxygen atoms in total. The van der Waals surface area contributed by atoms with E-state index < -0.39 is 5.97 Å². The highest BCUT2D eigenvalue weighted by Gasteiger charge is 2.51. The van der Waals surface area contributed by atoms with Crippen molar-refractivity contribution in [2.24, 2.45) is 0 Å². The van der Waals surface area contributed by atoms with Crippen LogP contribution in [-0.4, -0.2) is 40.0 Å². The van der Waals surface area contributed by atoms with E-state index in [4.69, 9.17) is 18.9 Å². The first-order valence-electron chi connectivity index (χ1n) is 3.06. The van der Waals surface area contributed by atoms with Crippen molar-refractivity contribution in [2.45, 2.75) is 12.1 Å². The average Bonchev–Trinajstić information content (AvgIpc) is 1.90. The van der Waals surface area contributed by atoms with Crippen LogP contribution in [0.25, 0.3) is 0 Å². The molecule has 10 heavy (non-hydrogen) atoms. The Morgan fingerprint density at radius 2 is 1.90 bits per heavy atom. The SMILES string of the molecule is COC1COC1(OC)OC. The standard InChI is InChI=1S/C6H12O4/c1-7-5-4-10-6(5,8-2)9-3/h5H,4H2,1-3H3. The lowest BCUT2D eigenvalue weighted by Crippen LogP contribution is -2.61. The Balaban J connectivity index is 2.48. The van der Waals surface area contributed by atoms with Gasteiger partial charge in [0.15, 0.2) is 6.10 Å². The van der Waals surface area contributed by atoms with E-state index in [1.807, 2.05) is 0 Å². The normalized spacial score (nSPS) is 29.7. The number of hydrogen-bond donors (Lipinski definition) is 0. The van der Waals surface area contributed by atoms with Crippen LogP contribution in [-0.2, 0) is 18.9 Å². The highest BCUT2D eigenvalue weighted by Crippen LogP contribution is 2.30. The van der Waals surface area contributed by atoms with Crippen LogP contribution < -0.4 is 0 Å². The Kier molecular flexibility index (Phi) is 2.25. The van der Waals surface area contributed by atoms with Crippen LogP contribution in [0.4, 0.5) is 0 Å². The largest absolute Gasteiger partial charge is 0.371 e. The average molecular weight is 148 g/mol. The summed E-state index contributed by atoms with van der Waals surface area (Å²) in [7, 11) is 4.64. The number of rotatable bonds is 3. The zero-order valence-electron chi connectivity index (χ0n) is 6.42. The highest BCUT2D eigenvalue weighted by atomic mass is 16.9. The molecule has 0 N–H and O–H groups in total. The van der Waals surface area contributed by atoms with Gasteiger partial charge in [0.25, 0.3) is 0 Å². The topological polar surface area (TPSA) is 36.9 Å². The molecular formula is C6H12O4. The molecule has 60 valence electrons. The van der Waals surface area contributed by atoms with Gasteiger partial charge in [-0.05, 0) is 0 Å². The molecule has 0 radical (unpaired) electrons. The van der Waals surface area contributed by atoms with E-state index in [1.165, 1.54) is 14.2 Å². The monoisotopic (exact) mass is 148 g/mol. The Bertz CT molecular complexity index is 103. The van der Waals surface area contributed by atoms with Crippen LogP contribution in [0.15, 0.2) is 0 Å². The Morgan fingerprint density at radius 3 is 2.00 bits per heavy atom. The van der Waals surface area contributed by atoms with Crippen LogP contribution >= 0.6 is 0 Å². The third-order valence-corrected chi connectivity index (χ3v) is 1.68. The van der Waals surface area contributed by atoms with Crippen LogP contribution in [0.1, 0.15) is 0 Å². The smallest absolute Gasteiger partial charge is 0.312 e. The molecule has 0 saturated carbocycles. The number of hydrogen-bond acceptors (Lipinski definition) is 4. The molecule has 0 bridgehead atoms. The first kappa shape index (κ1) is 7.94. The lowest BCUT2D eigenvalue weighted by molar-refractivity contribution is -0.465. The molecule has 0 aliphatic carbocycles. The lowest BCUT2D eigenvalue weighted by atomic mass is 10.2. The minimum atomic E-state index is -0.950. The van der Waals surface area contributed by atoms with E-state index in [1.54, 1.807) is 7.11 Å². The third kappa shape index (κ3) is 0.932. The van der Waals surface area contributed by atoms with Gasteiger partial charge in [0.1, 0.15) is 0 Å². The molecule has 1 aliphatic rings. The van der Waals surface area contributed by atoms with Crippen molar-refractivity contribution < 1.29 is 18.9 Å². The van der Waals surface area contributed by atoms with E-state index in [2.05, 4.69) is 0 Å². The van der Waals surface area contributed by atoms with Gasteiger partial charge in [0.05, 0.1) is 6.61 Å². The second-order valence-corrected chi connectivity index (χ2v) is 2.05. The molecule has 0 aromatic heterocycles. The summed E-state index contributed by atoms with van der Waals surface area (Å²) in [5, 5.41) is 0. The van der Waals surface area contributed by atoms with E-state index >= 15 is 0 Å². The van der Waals surface area contributed by atoms with Crippen molar-refractivity contribution in [1.82, 2.24) is 0 Å². The maximum Gasteiger partial charge on any atom is 0.312 e. The molecule has 1 aliphatic heterocycles. The third-order valence-electron chi connectivity index (χ3n) is 1.68. The molecule has 0 spiro atoms. The molecule has 0 aromatic rings. The van der Waals surface area contributed by atoms with Crippen molar-refractivity contribution in [3.05, 3.63) is 0 Å². The number of ether oxygens (including phenoxy) is 4. The molecule has 1 heterocycles. The Morgan fingerprint density at radius 1 is 1.30 bits per heavy atom. The van der Waals surface area contributed by atoms with Gasteiger partial charge < -0.3 is 18.9 Å². The summed E-state index contributed by atoms with van der Waals surface area (Å²) < 4.78 is 20.0. The zero-order chi connectivity index (χ0) is 7.61. The predicted molar refractivity (Wildman–Crippen MR) is 33.5 cm³/mol.